The summed E-state index contributed by atoms with van der Waals surface area (Å²) in [6.07, 6.45) is 3.03. The summed E-state index contributed by atoms with van der Waals surface area (Å²) < 4.78 is 15.5. The highest BCUT2D eigenvalue weighted by atomic mass is 16.5. The Kier molecular flexibility index (Phi) is 7.11. The fourth-order valence-electron chi connectivity index (χ4n) is 3.46. The molecule has 3 rings (SSSR count). The minimum atomic E-state index is -0.167. The minimum Gasteiger partial charge on any atom is -0.493 e. The molecule has 2 heterocycles. The van der Waals surface area contributed by atoms with Gasteiger partial charge in [-0.25, -0.2) is 0 Å². The first-order chi connectivity index (χ1) is 14.5. The zero-order valence-corrected chi connectivity index (χ0v) is 17.2. The van der Waals surface area contributed by atoms with E-state index in [4.69, 9.17) is 13.9 Å². The van der Waals surface area contributed by atoms with E-state index < -0.39 is 0 Å². The average Bonchev–Trinajstić information content (AvgIpc) is 3.32. The second-order valence-electron chi connectivity index (χ2n) is 7.10. The van der Waals surface area contributed by atoms with Crippen LogP contribution in [-0.4, -0.2) is 55.8 Å². The Morgan fingerprint density at radius 2 is 1.80 bits per heavy atom. The van der Waals surface area contributed by atoms with E-state index >= 15 is 0 Å². The van der Waals surface area contributed by atoms with Crippen LogP contribution in [0.5, 0.6) is 11.5 Å². The van der Waals surface area contributed by atoms with Crippen molar-refractivity contribution < 1.29 is 28.3 Å². The van der Waals surface area contributed by atoms with Crippen molar-refractivity contribution in [3.63, 3.8) is 0 Å². The number of hydrogen-bond donors (Lipinski definition) is 1. The van der Waals surface area contributed by atoms with E-state index in [0.717, 1.165) is 0 Å². The number of piperidine rings is 1. The molecular weight excluding hydrogens is 388 g/mol. The quantitative estimate of drug-likeness (QED) is 0.667. The number of carbonyl (C=O) groups excluding carboxylic acids is 3. The van der Waals surface area contributed by atoms with Crippen LogP contribution in [0.3, 0.4) is 0 Å². The first kappa shape index (κ1) is 21.4. The average molecular weight is 414 g/mol. The van der Waals surface area contributed by atoms with E-state index in [9.17, 15) is 14.4 Å². The standard InChI is InChI=1S/C22H26N2O6/c1-28-18-7-5-15(14-20(18)29-2)17(25)6-8-21(26)23-16-9-11-24(12-10-16)22(27)19-4-3-13-30-19/h3-5,7,13-14,16H,6,8-12H2,1-2H3,(H,23,26). The molecule has 1 N–H and O–H groups in total. The van der Waals surface area contributed by atoms with Crippen LogP contribution in [0, 0.1) is 0 Å². The fourth-order valence-corrected chi connectivity index (χ4v) is 3.46. The number of Topliss-reactive ketones (excluding diaryl/α,β-unsaturated/α-hetero) is 1. The second kappa shape index (κ2) is 9.96. The van der Waals surface area contributed by atoms with E-state index in [1.165, 1.54) is 20.5 Å². The molecule has 2 aromatic rings. The summed E-state index contributed by atoms with van der Waals surface area (Å²) in [4.78, 5) is 38.7. The number of nitrogens with zero attached hydrogens (tertiary/aromatic N) is 1. The van der Waals surface area contributed by atoms with Gasteiger partial charge < -0.3 is 24.1 Å². The lowest BCUT2D eigenvalue weighted by Crippen LogP contribution is -2.46. The van der Waals surface area contributed by atoms with Gasteiger partial charge in [-0.05, 0) is 43.2 Å². The highest BCUT2D eigenvalue weighted by Crippen LogP contribution is 2.28. The third-order valence-electron chi connectivity index (χ3n) is 5.16. The summed E-state index contributed by atoms with van der Waals surface area (Å²) in [6.45, 7) is 1.10. The molecule has 0 bridgehead atoms. The molecule has 8 heteroatoms. The lowest BCUT2D eigenvalue weighted by Gasteiger charge is -2.31. The van der Waals surface area contributed by atoms with Crippen LogP contribution in [0.1, 0.15) is 46.6 Å². The molecule has 1 saturated heterocycles. The number of rotatable bonds is 8. The summed E-state index contributed by atoms with van der Waals surface area (Å²) >= 11 is 0. The van der Waals surface area contributed by atoms with E-state index in [-0.39, 0.29) is 36.5 Å². The molecule has 8 nitrogen and oxygen atoms in total. The Balaban J connectivity index is 1.43. The summed E-state index contributed by atoms with van der Waals surface area (Å²) in [5.74, 6) is 0.911. The highest BCUT2D eigenvalue weighted by Gasteiger charge is 2.26. The van der Waals surface area contributed by atoms with Gasteiger partial charge in [-0.2, -0.15) is 0 Å². The first-order valence-corrected chi connectivity index (χ1v) is 9.89. The van der Waals surface area contributed by atoms with Gasteiger partial charge in [0.15, 0.2) is 23.0 Å². The van der Waals surface area contributed by atoms with Gasteiger partial charge in [-0.15, -0.1) is 0 Å². The van der Waals surface area contributed by atoms with E-state index in [1.807, 2.05) is 0 Å². The molecular formula is C22H26N2O6. The van der Waals surface area contributed by atoms with Gasteiger partial charge in [0, 0.05) is 37.5 Å². The largest absolute Gasteiger partial charge is 0.493 e. The lowest BCUT2D eigenvalue weighted by molar-refractivity contribution is -0.122. The smallest absolute Gasteiger partial charge is 0.289 e. The third-order valence-corrected chi connectivity index (χ3v) is 5.16. The van der Waals surface area contributed by atoms with Crippen LogP contribution in [-0.2, 0) is 4.79 Å². The second-order valence-corrected chi connectivity index (χ2v) is 7.10. The molecule has 1 aliphatic rings. The van der Waals surface area contributed by atoms with Crippen molar-refractivity contribution >= 4 is 17.6 Å². The number of hydrogen-bond acceptors (Lipinski definition) is 6. The van der Waals surface area contributed by atoms with Gasteiger partial charge >= 0.3 is 0 Å². The third kappa shape index (κ3) is 5.20. The molecule has 0 radical (unpaired) electrons. The number of benzene rings is 1. The van der Waals surface area contributed by atoms with Crippen molar-refractivity contribution in [1.82, 2.24) is 10.2 Å². The zero-order chi connectivity index (χ0) is 21.5. The fraction of sp³-hybridized carbons (Fsp3) is 0.409. The lowest BCUT2D eigenvalue weighted by atomic mass is 10.0. The number of furan rings is 1. The maximum Gasteiger partial charge on any atom is 0.289 e. The predicted molar refractivity (Wildman–Crippen MR) is 109 cm³/mol. The van der Waals surface area contributed by atoms with Gasteiger partial charge in [-0.1, -0.05) is 0 Å². The molecule has 1 aromatic heterocycles. The van der Waals surface area contributed by atoms with Crippen LogP contribution in [0.25, 0.3) is 0 Å². The predicted octanol–water partition coefficient (Wildman–Crippen LogP) is 2.68. The molecule has 1 aliphatic heterocycles. The molecule has 0 spiro atoms. The van der Waals surface area contributed by atoms with Gasteiger partial charge in [0.2, 0.25) is 5.91 Å². The Morgan fingerprint density at radius 1 is 1.07 bits per heavy atom. The van der Waals surface area contributed by atoms with E-state index in [2.05, 4.69) is 5.32 Å². The summed E-state index contributed by atoms with van der Waals surface area (Å²) in [6, 6.07) is 8.27. The van der Waals surface area contributed by atoms with Crippen LogP contribution in [0.4, 0.5) is 0 Å². The number of likely N-dealkylation sites (tertiary alicyclic amines) is 1. The SMILES string of the molecule is COc1ccc(C(=O)CCC(=O)NC2CCN(C(=O)c3ccco3)CC2)cc1OC. The summed E-state index contributed by atoms with van der Waals surface area (Å²) in [5, 5.41) is 2.96. The molecule has 160 valence electrons. The van der Waals surface area contributed by atoms with Gasteiger partial charge in [0.05, 0.1) is 20.5 Å². The van der Waals surface area contributed by atoms with E-state index in [1.54, 1.807) is 35.2 Å². The van der Waals surface area contributed by atoms with Crippen LogP contribution >= 0.6 is 0 Å². The van der Waals surface area contributed by atoms with Crippen molar-refractivity contribution in [2.75, 3.05) is 27.3 Å². The topological polar surface area (TPSA) is 98.1 Å². The number of methoxy groups -OCH3 is 2. The maximum absolute atomic E-state index is 12.4. The zero-order valence-electron chi connectivity index (χ0n) is 17.2. The number of ketones is 1. The molecule has 0 saturated carbocycles. The van der Waals surface area contributed by atoms with Crippen LogP contribution in [0.15, 0.2) is 41.0 Å². The first-order valence-electron chi connectivity index (χ1n) is 9.89. The van der Waals surface area contributed by atoms with Gasteiger partial charge in [0.25, 0.3) is 5.91 Å². The summed E-state index contributed by atoms with van der Waals surface area (Å²) in [7, 11) is 3.04. The van der Waals surface area contributed by atoms with Crippen molar-refractivity contribution in [3.05, 3.63) is 47.9 Å². The Morgan fingerprint density at radius 3 is 2.43 bits per heavy atom. The van der Waals surface area contributed by atoms with Crippen LogP contribution < -0.4 is 14.8 Å². The molecule has 1 fully saturated rings. The van der Waals surface area contributed by atoms with E-state index in [0.29, 0.717) is 48.8 Å². The maximum atomic E-state index is 12.4. The molecule has 2 amide bonds. The van der Waals surface area contributed by atoms with Crippen molar-refractivity contribution in [2.24, 2.45) is 0 Å². The molecule has 0 unspecified atom stereocenters. The highest BCUT2D eigenvalue weighted by molar-refractivity contribution is 5.98. The Hall–Kier alpha value is -3.29. The van der Waals surface area contributed by atoms with Gasteiger partial charge in [-0.3, -0.25) is 14.4 Å². The van der Waals surface area contributed by atoms with Crippen molar-refractivity contribution in [2.45, 2.75) is 31.7 Å². The van der Waals surface area contributed by atoms with Gasteiger partial charge in [0.1, 0.15) is 0 Å². The normalized spacial score (nSPS) is 14.3. The van der Waals surface area contributed by atoms with Crippen LogP contribution in [0.2, 0.25) is 0 Å². The Bertz CT molecular complexity index is 885. The minimum absolute atomic E-state index is 0.00525. The summed E-state index contributed by atoms with van der Waals surface area (Å²) in [5.41, 5.74) is 0.477. The van der Waals surface area contributed by atoms with Crippen molar-refractivity contribution in [1.29, 1.82) is 0 Å². The Labute approximate surface area is 175 Å². The molecule has 0 aliphatic carbocycles. The van der Waals surface area contributed by atoms with Crippen molar-refractivity contribution in [3.8, 4) is 11.5 Å². The molecule has 0 atom stereocenters. The molecule has 30 heavy (non-hydrogen) atoms. The number of carbonyl (C=O) groups is 3. The number of ether oxygens (including phenoxy) is 2. The number of nitrogens with one attached hydrogen (secondary N) is 1. The number of amides is 2. The molecule has 1 aromatic carbocycles. The monoisotopic (exact) mass is 414 g/mol.